The number of carbonyl (C=O) groups is 3. The fourth-order valence-electron chi connectivity index (χ4n) is 6.01. The Hall–Kier alpha value is -4.17. The molecule has 3 aromatic rings. The van der Waals surface area contributed by atoms with Crippen LogP contribution in [0.25, 0.3) is 5.69 Å². The van der Waals surface area contributed by atoms with Crippen molar-refractivity contribution in [2.24, 2.45) is 28.8 Å². The number of amides is 3. The van der Waals surface area contributed by atoms with E-state index in [1.54, 1.807) is 42.6 Å². The van der Waals surface area contributed by atoms with Gasteiger partial charge in [-0.1, -0.05) is 23.8 Å². The molecule has 0 radical (unpaired) electrons. The molecular weight excluding hydrogens is 516 g/mol. The van der Waals surface area contributed by atoms with Crippen molar-refractivity contribution >= 4 is 41.2 Å². The fraction of sp³-hybridized carbons (Fsp3) is 0.267. The maximum atomic E-state index is 12.9. The minimum Gasteiger partial charge on any atom is -0.484 e. The molecule has 2 bridgehead atoms. The van der Waals surface area contributed by atoms with Crippen molar-refractivity contribution in [3.63, 3.8) is 0 Å². The van der Waals surface area contributed by atoms with E-state index in [4.69, 9.17) is 16.3 Å². The van der Waals surface area contributed by atoms with E-state index >= 15 is 0 Å². The number of aromatic nitrogens is 1. The third-order valence-electron chi connectivity index (χ3n) is 7.82. The molecule has 2 fully saturated rings. The van der Waals surface area contributed by atoms with Gasteiger partial charge < -0.3 is 14.6 Å². The summed E-state index contributed by atoms with van der Waals surface area (Å²) in [5.74, 6) is -0.298. The molecular formula is C30H27ClN4O4. The summed E-state index contributed by atoms with van der Waals surface area (Å²) in [5.41, 5.74) is 4.28. The Morgan fingerprint density at radius 1 is 1.03 bits per heavy atom. The number of ether oxygens (including phenoxy) is 1. The molecule has 9 heteroatoms. The average Bonchev–Trinajstić information content (AvgIpc) is 3.67. The van der Waals surface area contributed by atoms with Crippen LogP contribution in [0, 0.1) is 37.5 Å². The number of imide groups is 1. The molecule has 1 aromatic heterocycles. The Bertz CT molecular complexity index is 1490. The number of hydrazone groups is 1. The molecule has 3 amide bonds. The molecule has 1 saturated heterocycles. The van der Waals surface area contributed by atoms with Crippen LogP contribution >= 0.6 is 11.6 Å². The summed E-state index contributed by atoms with van der Waals surface area (Å²) in [4.78, 5) is 38.1. The predicted molar refractivity (Wildman–Crippen MR) is 148 cm³/mol. The van der Waals surface area contributed by atoms with E-state index in [9.17, 15) is 14.4 Å². The molecule has 1 N–H and O–H groups in total. The van der Waals surface area contributed by atoms with Crippen molar-refractivity contribution in [3.8, 4) is 11.4 Å². The van der Waals surface area contributed by atoms with Gasteiger partial charge in [0.1, 0.15) is 5.75 Å². The van der Waals surface area contributed by atoms with Gasteiger partial charge in [0.05, 0.1) is 18.1 Å². The number of hydrogen-bond donors (Lipinski definition) is 1. The van der Waals surface area contributed by atoms with Crippen LogP contribution in [-0.2, 0) is 14.4 Å². The Balaban J connectivity index is 1.11. The summed E-state index contributed by atoms with van der Waals surface area (Å²) in [7, 11) is 0. The molecule has 8 nitrogen and oxygen atoms in total. The van der Waals surface area contributed by atoms with Gasteiger partial charge in [0.2, 0.25) is 0 Å². The molecule has 6 rings (SSSR count). The molecule has 1 saturated carbocycles. The van der Waals surface area contributed by atoms with E-state index in [2.05, 4.69) is 27.1 Å². The minimum absolute atomic E-state index is 0.128. The zero-order valence-corrected chi connectivity index (χ0v) is 22.3. The summed E-state index contributed by atoms with van der Waals surface area (Å²) in [5, 5.41) is 8.77. The Morgan fingerprint density at radius 2 is 1.67 bits per heavy atom. The minimum atomic E-state index is -0.273. The highest BCUT2D eigenvalue weighted by molar-refractivity contribution is 6.30. The van der Waals surface area contributed by atoms with Crippen LogP contribution in [0.5, 0.6) is 5.75 Å². The van der Waals surface area contributed by atoms with Crippen LogP contribution in [-0.4, -0.2) is 40.1 Å². The molecule has 198 valence electrons. The smallest absolute Gasteiger partial charge is 0.262 e. The highest BCUT2D eigenvalue weighted by Crippen LogP contribution is 2.52. The van der Waals surface area contributed by atoms with Crippen molar-refractivity contribution in [2.75, 3.05) is 11.9 Å². The van der Waals surface area contributed by atoms with Gasteiger partial charge in [-0.3, -0.25) is 14.4 Å². The quantitative estimate of drug-likeness (QED) is 0.261. The second-order valence-corrected chi connectivity index (χ2v) is 10.7. The lowest BCUT2D eigenvalue weighted by molar-refractivity contribution is -0.140. The van der Waals surface area contributed by atoms with E-state index < -0.39 is 0 Å². The first-order valence-corrected chi connectivity index (χ1v) is 13.3. The number of halogens is 1. The highest BCUT2D eigenvalue weighted by atomic mass is 35.5. The van der Waals surface area contributed by atoms with Crippen molar-refractivity contribution in [1.82, 2.24) is 9.58 Å². The first-order valence-electron chi connectivity index (χ1n) is 12.9. The second kappa shape index (κ2) is 9.85. The molecule has 0 unspecified atom stereocenters. The lowest BCUT2D eigenvalue weighted by Gasteiger charge is -2.13. The van der Waals surface area contributed by atoms with Gasteiger partial charge in [-0.05, 0) is 86.7 Å². The van der Waals surface area contributed by atoms with Gasteiger partial charge in [0, 0.05) is 33.3 Å². The van der Waals surface area contributed by atoms with E-state index in [-0.39, 0.29) is 48.0 Å². The number of hydrogen-bond acceptors (Lipinski definition) is 5. The zero-order chi connectivity index (χ0) is 27.3. The summed E-state index contributed by atoms with van der Waals surface area (Å²) in [6, 6.07) is 16.3. The first-order chi connectivity index (χ1) is 18.8. The number of nitrogens with zero attached hydrogens (tertiary/aromatic N) is 3. The number of fused-ring (bicyclic) bond motifs is 5. The third-order valence-corrected chi connectivity index (χ3v) is 8.07. The van der Waals surface area contributed by atoms with Crippen molar-refractivity contribution in [1.29, 1.82) is 0 Å². The Kier molecular flexibility index (Phi) is 6.35. The monoisotopic (exact) mass is 542 g/mol. The van der Waals surface area contributed by atoms with Crippen LogP contribution in [0.1, 0.15) is 23.4 Å². The van der Waals surface area contributed by atoms with E-state index in [0.717, 1.165) is 34.1 Å². The molecule has 2 heterocycles. The van der Waals surface area contributed by atoms with E-state index in [1.165, 1.54) is 0 Å². The van der Waals surface area contributed by atoms with Crippen LogP contribution in [0.4, 0.5) is 5.69 Å². The Labute approximate surface area is 230 Å². The largest absolute Gasteiger partial charge is 0.484 e. The molecule has 4 atom stereocenters. The molecule has 3 aliphatic rings. The molecule has 1 aliphatic heterocycles. The maximum absolute atomic E-state index is 12.9. The number of aryl methyl sites for hydroxylation is 1. The Morgan fingerprint density at radius 3 is 2.31 bits per heavy atom. The number of nitrogens with one attached hydrogen (secondary N) is 1. The van der Waals surface area contributed by atoms with Crippen molar-refractivity contribution in [3.05, 3.63) is 88.7 Å². The van der Waals surface area contributed by atoms with Crippen molar-refractivity contribution < 1.29 is 19.1 Å². The van der Waals surface area contributed by atoms with Crippen LogP contribution in [0.2, 0.25) is 5.02 Å². The number of allylic oxidation sites excluding steroid dienone is 2. The zero-order valence-electron chi connectivity index (χ0n) is 21.5. The van der Waals surface area contributed by atoms with Gasteiger partial charge in [-0.25, -0.2) is 0 Å². The predicted octanol–water partition coefficient (Wildman–Crippen LogP) is 4.91. The number of benzene rings is 2. The van der Waals surface area contributed by atoms with Crippen LogP contribution in [0.3, 0.4) is 0 Å². The first kappa shape index (κ1) is 25.1. The summed E-state index contributed by atoms with van der Waals surface area (Å²) in [6.45, 7) is 3.82. The number of anilines is 1. The van der Waals surface area contributed by atoms with Crippen LogP contribution in [0.15, 0.2) is 71.9 Å². The fourth-order valence-corrected chi connectivity index (χ4v) is 6.13. The maximum Gasteiger partial charge on any atom is 0.262 e. The molecule has 39 heavy (non-hydrogen) atoms. The van der Waals surface area contributed by atoms with Gasteiger partial charge in [0.25, 0.3) is 17.7 Å². The summed E-state index contributed by atoms with van der Waals surface area (Å²) in [6.07, 6.45) is 6.64. The topological polar surface area (TPSA) is 93.0 Å². The summed E-state index contributed by atoms with van der Waals surface area (Å²) >= 11 is 5.87. The second-order valence-electron chi connectivity index (χ2n) is 10.2. The van der Waals surface area contributed by atoms with Gasteiger partial charge in [-0.2, -0.15) is 10.1 Å². The van der Waals surface area contributed by atoms with Crippen molar-refractivity contribution in [2.45, 2.75) is 20.3 Å². The van der Waals surface area contributed by atoms with Gasteiger partial charge >= 0.3 is 0 Å². The lowest BCUT2D eigenvalue weighted by atomic mass is 9.85. The third kappa shape index (κ3) is 4.55. The molecule has 2 aliphatic carbocycles. The average molecular weight is 543 g/mol. The van der Waals surface area contributed by atoms with Gasteiger partial charge in [0.15, 0.2) is 6.61 Å². The highest BCUT2D eigenvalue weighted by Gasteiger charge is 2.59. The van der Waals surface area contributed by atoms with E-state index in [0.29, 0.717) is 16.5 Å². The van der Waals surface area contributed by atoms with Gasteiger partial charge in [-0.15, -0.1) is 0 Å². The standard InChI is InChI=1S/C30H27ClN4O4/c1-17-13-21(15-32-35-29(37)27-19-3-4-20(14-19)28(27)30(35)38)18(2)34(17)24-9-11-25(12-10-24)39-16-26(36)33-23-7-5-22(31)6-8-23/h3-13,15,19-20,27-28H,14,16H2,1-2H3,(H,33,36)/t19-,20-,27-,28+/m0/s1. The van der Waals surface area contributed by atoms with Crippen LogP contribution < -0.4 is 10.1 Å². The normalized spacial score (nSPS) is 23.2. The molecule has 2 aromatic carbocycles. The number of carbonyl (C=O) groups excluding carboxylic acids is 3. The molecule has 0 spiro atoms. The van der Waals surface area contributed by atoms with E-state index in [1.807, 2.05) is 32.0 Å². The summed E-state index contributed by atoms with van der Waals surface area (Å²) < 4.78 is 7.70. The lowest BCUT2D eigenvalue weighted by Crippen LogP contribution is -2.28. The number of rotatable bonds is 7. The SMILES string of the molecule is Cc1cc(C=NN2C(=O)[C@@H]3[C@H](C2=O)[C@H]2C=C[C@H]3C2)c(C)n1-c1ccc(OCC(=O)Nc2ccc(Cl)cc2)cc1.